The average molecular weight is 456 g/mol. The zero-order chi connectivity index (χ0) is 22.8. The summed E-state index contributed by atoms with van der Waals surface area (Å²) in [7, 11) is 1.80. The minimum atomic E-state index is -0.975. The zero-order valence-electron chi connectivity index (χ0n) is 18.2. The van der Waals surface area contributed by atoms with Crippen molar-refractivity contribution in [3.05, 3.63) is 126 Å². The molecule has 5 nitrogen and oxygen atoms in total. The average Bonchev–Trinajstić information content (AvgIpc) is 3.30. The summed E-state index contributed by atoms with van der Waals surface area (Å²) in [5.74, 6) is -0.755. The third kappa shape index (κ3) is 3.86. The predicted octanol–water partition coefficient (Wildman–Crippen LogP) is 4.25. The monoisotopic (exact) mass is 455 g/mol. The van der Waals surface area contributed by atoms with E-state index in [0.717, 1.165) is 16.7 Å². The van der Waals surface area contributed by atoms with Crippen molar-refractivity contribution in [2.24, 2.45) is 13.0 Å². The first-order valence-corrected chi connectivity index (χ1v) is 11.8. The van der Waals surface area contributed by atoms with Gasteiger partial charge in [0.05, 0.1) is 21.7 Å². The molecule has 166 valence electrons. The van der Waals surface area contributed by atoms with Crippen molar-refractivity contribution in [1.29, 1.82) is 0 Å². The fourth-order valence-corrected chi connectivity index (χ4v) is 6.26. The number of aliphatic hydroxyl groups is 1. The maximum absolute atomic E-state index is 12.6. The molecule has 3 atom stereocenters. The van der Waals surface area contributed by atoms with Crippen LogP contribution in [0.25, 0.3) is 0 Å². The molecular formula is C27H25N3O2S. The highest BCUT2D eigenvalue weighted by Crippen LogP contribution is 2.53. The van der Waals surface area contributed by atoms with Gasteiger partial charge >= 0.3 is 0 Å². The molecule has 2 heterocycles. The van der Waals surface area contributed by atoms with Crippen LogP contribution >= 0.6 is 11.8 Å². The minimum absolute atomic E-state index is 0.159. The number of nitrogens with zero attached hydrogens (tertiary/aromatic N) is 2. The molecule has 1 aliphatic heterocycles. The van der Waals surface area contributed by atoms with Crippen LogP contribution in [0.4, 0.5) is 0 Å². The lowest BCUT2D eigenvalue weighted by Crippen LogP contribution is -2.59. The van der Waals surface area contributed by atoms with E-state index >= 15 is 0 Å². The Kier molecular flexibility index (Phi) is 5.79. The van der Waals surface area contributed by atoms with Crippen LogP contribution < -0.4 is 5.32 Å². The number of benzene rings is 3. The summed E-state index contributed by atoms with van der Waals surface area (Å²) in [6, 6.07) is 32.7. The van der Waals surface area contributed by atoms with Gasteiger partial charge in [0.2, 0.25) is 5.91 Å². The van der Waals surface area contributed by atoms with E-state index in [9.17, 15) is 9.90 Å². The topological polar surface area (TPSA) is 67.2 Å². The lowest BCUT2D eigenvalue weighted by atomic mass is 9.84. The molecule has 0 radical (unpaired) electrons. The van der Waals surface area contributed by atoms with Crippen molar-refractivity contribution >= 4 is 17.7 Å². The highest BCUT2D eigenvalue weighted by molar-refractivity contribution is 8.01. The third-order valence-corrected chi connectivity index (χ3v) is 7.86. The Morgan fingerprint density at radius 2 is 1.36 bits per heavy atom. The molecule has 0 saturated carbocycles. The van der Waals surface area contributed by atoms with Gasteiger partial charge in [0, 0.05) is 13.2 Å². The van der Waals surface area contributed by atoms with Gasteiger partial charge in [-0.2, -0.15) is 5.10 Å². The quantitative estimate of drug-likeness (QED) is 0.323. The Balaban J connectivity index is 1.61. The van der Waals surface area contributed by atoms with Gasteiger partial charge in [0.1, 0.15) is 6.10 Å². The van der Waals surface area contributed by atoms with Crippen LogP contribution in [0.15, 0.2) is 103 Å². The van der Waals surface area contributed by atoms with Crippen LogP contribution in [-0.4, -0.2) is 26.2 Å². The van der Waals surface area contributed by atoms with Gasteiger partial charge in [0.25, 0.3) is 0 Å². The number of nitrogens with one attached hydrogen (secondary N) is 1. The standard InChI is InChI=1S/C27H25N3O2S/c1-30-18-17-22(29-30)24(31)23-25(32)28-26(23)33-27(19-11-5-2-6-12-19,20-13-7-3-8-14-20)21-15-9-4-10-16-21/h2-18,23-24,26,31H,1H3,(H,28,32). The number of thioether (sulfide) groups is 1. The highest BCUT2D eigenvalue weighted by Gasteiger charge is 2.51. The number of aryl methyl sites for hydroxylation is 1. The van der Waals surface area contributed by atoms with Crippen LogP contribution in [0, 0.1) is 5.92 Å². The third-order valence-electron chi connectivity index (χ3n) is 6.14. The molecular weight excluding hydrogens is 430 g/mol. The zero-order valence-corrected chi connectivity index (χ0v) is 19.0. The lowest BCUT2D eigenvalue weighted by Gasteiger charge is -2.45. The first-order valence-electron chi connectivity index (χ1n) is 10.9. The smallest absolute Gasteiger partial charge is 0.230 e. The van der Waals surface area contributed by atoms with Crippen LogP contribution in [0.3, 0.4) is 0 Å². The number of rotatable bonds is 7. The van der Waals surface area contributed by atoms with Crippen LogP contribution in [0.1, 0.15) is 28.5 Å². The van der Waals surface area contributed by atoms with Gasteiger partial charge in [0.15, 0.2) is 0 Å². The molecule has 3 unspecified atom stereocenters. The van der Waals surface area contributed by atoms with Crippen molar-refractivity contribution in [1.82, 2.24) is 15.1 Å². The number of amides is 1. The van der Waals surface area contributed by atoms with Gasteiger partial charge in [-0.05, 0) is 22.8 Å². The molecule has 6 heteroatoms. The second-order valence-corrected chi connectivity index (χ2v) is 9.57. The molecule has 0 aliphatic carbocycles. The van der Waals surface area contributed by atoms with E-state index in [1.54, 1.807) is 35.8 Å². The largest absolute Gasteiger partial charge is 0.386 e. The second-order valence-electron chi connectivity index (χ2n) is 8.21. The molecule has 1 aliphatic rings. The number of hydrogen-bond donors (Lipinski definition) is 2. The molecule has 0 bridgehead atoms. The van der Waals surface area contributed by atoms with Crippen LogP contribution in [-0.2, 0) is 16.6 Å². The Labute approximate surface area is 197 Å². The van der Waals surface area contributed by atoms with Gasteiger partial charge < -0.3 is 10.4 Å². The Morgan fingerprint density at radius 3 is 1.76 bits per heavy atom. The lowest BCUT2D eigenvalue weighted by molar-refractivity contribution is -0.138. The number of carbonyl (C=O) groups is 1. The predicted molar refractivity (Wildman–Crippen MR) is 130 cm³/mol. The SMILES string of the molecule is Cn1ccc(C(O)C2C(=O)NC2SC(c2ccccc2)(c2ccccc2)c2ccccc2)n1. The van der Waals surface area contributed by atoms with Crippen LogP contribution in [0.5, 0.6) is 0 Å². The Morgan fingerprint density at radius 1 is 0.879 bits per heavy atom. The van der Waals surface area contributed by atoms with E-state index in [1.165, 1.54) is 0 Å². The highest BCUT2D eigenvalue weighted by atomic mass is 32.2. The molecule has 33 heavy (non-hydrogen) atoms. The van der Waals surface area contributed by atoms with Gasteiger partial charge in [-0.3, -0.25) is 9.48 Å². The summed E-state index contributed by atoms with van der Waals surface area (Å²) in [4.78, 5) is 12.6. The summed E-state index contributed by atoms with van der Waals surface area (Å²) in [5, 5.41) is 18.1. The fraction of sp³-hybridized carbons (Fsp3) is 0.185. The molecule has 4 aromatic rings. The van der Waals surface area contributed by atoms with Gasteiger partial charge in [-0.25, -0.2) is 0 Å². The molecule has 3 aromatic carbocycles. The minimum Gasteiger partial charge on any atom is -0.386 e. The van der Waals surface area contributed by atoms with Crippen molar-refractivity contribution in [3.8, 4) is 0 Å². The number of aliphatic hydroxyl groups excluding tert-OH is 1. The number of hydrogen-bond acceptors (Lipinski definition) is 4. The number of β-lactam (4-membered cyclic amide) rings is 1. The molecule has 1 aromatic heterocycles. The van der Waals surface area contributed by atoms with Crippen LogP contribution in [0.2, 0.25) is 0 Å². The second kappa shape index (κ2) is 8.89. The van der Waals surface area contributed by atoms with Gasteiger partial charge in [-0.1, -0.05) is 91.0 Å². The van der Waals surface area contributed by atoms with E-state index in [0.29, 0.717) is 5.69 Å². The summed E-state index contributed by atoms with van der Waals surface area (Å²) in [6.07, 6.45) is 0.803. The molecule has 0 spiro atoms. The summed E-state index contributed by atoms with van der Waals surface area (Å²) in [6.45, 7) is 0. The first kappa shape index (κ1) is 21.5. The van der Waals surface area contributed by atoms with E-state index < -0.39 is 16.8 Å². The molecule has 2 N–H and O–H groups in total. The molecule has 1 fully saturated rings. The maximum Gasteiger partial charge on any atom is 0.230 e. The van der Waals surface area contributed by atoms with Crippen molar-refractivity contribution in [3.63, 3.8) is 0 Å². The van der Waals surface area contributed by atoms with Crippen molar-refractivity contribution in [2.45, 2.75) is 16.2 Å². The summed E-state index contributed by atoms with van der Waals surface area (Å²) >= 11 is 1.65. The van der Waals surface area contributed by atoms with E-state index in [-0.39, 0.29) is 11.3 Å². The number of aromatic nitrogens is 2. The fourth-order valence-electron chi connectivity index (χ4n) is 4.47. The Bertz CT molecular complexity index is 1130. The Hall–Kier alpha value is -3.35. The van der Waals surface area contributed by atoms with E-state index in [1.807, 2.05) is 54.6 Å². The molecule has 1 saturated heterocycles. The first-order chi connectivity index (χ1) is 16.1. The van der Waals surface area contributed by atoms with Gasteiger partial charge in [-0.15, -0.1) is 11.8 Å². The van der Waals surface area contributed by atoms with Crippen molar-refractivity contribution < 1.29 is 9.90 Å². The molecule has 5 rings (SSSR count). The summed E-state index contributed by atoms with van der Waals surface area (Å²) in [5.41, 5.74) is 3.84. The maximum atomic E-state index is 12.6. The summed E-state index contributed by atoms with van der Waals surface area (Å²) < 4.78 is 1.06. The number of carbonyl (C=O) groups excluding carboxylic acids is 1. The van der Waals surface area contributed by atoms with E-state index in [2.05, 4.69) is 46.8 Å². The molecule has 1 amide bonds. The van der Waals surface area contributed by atoms with Crippen molar-refractivity contribution in [2.75, 3.05) is 0 Å². The van der Waals surface area contributed by atoms with E-state index in [4.69, 9.17) is 0 Å². The normalized spacial score (nSPS) is 18.9.